The van der Waals surface area contributed by atoms with Gasteiger partial charge in [0.1, 0.15) is 6.33 Å². The zero-order valence-corrected chi connectivity index (χ0v) is 15.5. The minimum atomic E-state index is -0.397. The molecule has 1 N–H and O–H groups in total. The van der Waals surface area contributed by atoms with Crippen molar-refractivity contribution in [1.82, 2.24) is 15.0 Å². The molecule has 1 aliphatic heterocycles. The van der Waals surface area contributed by atoms with Crippen LogP contribution in [0.25, 0.3) is 0 Å². The molecule has 0 aliphatic carbocycles. The zero-order chi connectivity index (χ0) is 18.0. The summed E-state index contributed by atoms with van der Waals surface area (Å²) in [4.78, 5) is 27.3. The fraction of sp³-hybridized carbons (Fsp3) is 0.562. The van der Waals surface area contributed by atoms with E-state index in [1.54, 1.807) is 0 Å². The van der Waals surface area contributed by atoms with Crippen molar-refractivity contribution in [2.75, 3.05) is 16.8 Å². The Kier molecular flexibility index (Phi) is 5.12. The Balaban J connectivity index is 2.00. The second kappa shape index (κ2) is 7.30. The second-order valence-corrected chi connectivity index (χ2v) is 7.39. The van der Waals surface area contributed by atoms with E-state index in [1.807, 2.05) is 13.8 Å². The lowest BCUT2D eigenvalue weighted by molar-refractivity contribution is -0.383. The number of hydrogen-bond donors (Lipinski definition) is 1. The molecule has 134 valence electrons. The summed E-state index contributed by atoms with van der Waals surface area (Å²) in [6, 6.07) is 0.277. The molecule has 3 heterocycles. The van der Waals surface area contributed by atoms with Crippen LogP contribution in [0.2, 0.25) is 0 Å². The minimum Gasteiger partial charge on any atom is -0.348 e. The maximum absolute atomic E-state index is 11.8. The molecule has 0 saturated carbocycles. The number of hydrogen-bond acceptors (Lipinski definition) is 8. The smallest absolute Gasteiger partial charge is 0.348 e. The van der Waals surface area contributed by atoms with Crippen LogP contribution in [0.3, 0.4) is 0 Å². The largest absolute Gasteiger partial charge is 0.353 e. The van der Waals surface area contributed by atoms with Crippen molar-refractivity contribution in [3.63, 3.8) is 0 Å². The summed E-state index contributed by atoms with van der Waals surface area (Å²) in [5.74, 6) is 0.600. The Bertz CT molecular complexity index is 758. The first kappa shape index (κ1) is 17.5. The number of nitro groups is 1. The summed E-state index contributed by atoms with van der Waals surface area (Å²) in [5, 5.41) is 15.4. The predicted octanol–water partition coefficient (Wildman–Crippen LogP) is 3.97. The Morgan fingerprint density at radius 3 is 2.84 bits per heavy atom. The summed E-state index contributed by atoms with van der Waals surface area (Å²) in [5.41, 5.74) is 0.833. The fourth-order valence-electron chi connectivity index (χ4n) is 3.17. The van der Waals surface area contributed by atoms with Crippen molar-refractivity contribution in [3.05, 3.63) is 27.0 Å². The molecule has 3 rings (SSSR count). The molecule has 8 nitrogen and oxygen atoms in total. The third kappa shape index (κ3) is 3.55. The van der Waals surface area contributed by atoms with Crippen molar-refractivity contribution < 1.29 is 4.92 Å². The van der Waals surface area contributed by atoms with Gasteiger partial charge in [-0.25, -0.2) is 15.0 Å². The van der Waals surface area contributed by atoms with E-state index >= 15 is 0 Å². The van der Waals surface area contributed by atoms with Gasteiger partial charge in [-0.1, -0.05) is 6.92 Å². The molecule has 25 heavy (non-hydrogen) atoms. The molecule has 1 fully saturated rings. The molecule has 0 bridgehead atoms. The number of nitrogens with zero attached hydrogens (tertiary/aromatic N) is 5. The summed E-state index contributed by atoms with van der Waals surface area (Å²) in [7, 11) is 0. The van der Waals surface area contributed by atoms with Crippen molar-refractivity contribution in [2.24, 2.45) is 0 Å². The van der Waals surface area contributed by atoms with E-state index in [-0.39, 0.29) is 17.5 Å². The normalized spacial score (nSPS) is 17.6. The maximum atomic E-state index is 11.8. The monoisotopic (exact) mass is 362 g/mol. The molecule has 1 unspecified atom stereocenters. The molecule has 1 saturated heterocycles. The highest BCUT2D eigenvalue weighted by Crippen LogP contribution is 2.37. The zero-order valence-electron chi connectivity index (χ0n) is 14.7. The van der Waals surface area contributed by atoms with Crippen LogP contribution in [-0.2, 0) is 0 Å². The SMILES string of the molecule is CCC1CCCCN1c1ncnc(Nc2nc(C)c(C)s2)c1[N+](=O)[O-]. The number of rotatable bonds is 5. The quantitative estimate of drug-likeness (QED) is 0.635. The highest BCUT2D eigenvalue weighted by Gasteiger charge is 2.32. The van der Waals surface area contributed by atoms with Crippen LogP contribution >= 0.6 is 11.3 Å². The van der Waals surface area contributed by atoms with Gasteiger partial charge in [0, 0.05) is 17.5 Å². The minimum absolute atomic E-state index is 0.0756. The van der Waals surface area contributed by atoms with Gasteiger partial charge in [-0.15, -0.1) is 11.3 Å². The van der Waals surface area contributed by atoms with E-state index in [1.165, 1.54) is 17.7 Å². The van der Waals surface area contributed by atoms with Gasteiger partial charge in [0.2, 0.25) is 11.6 Å². The molecule has 1 atom stereocenters. The predicted molar refractivity (Wildman–Crippen MR) is 98.8 cm³/mol. The number of anilines is 3. The fourth-order valence-corrected chi connectivity index (χ4v) is 3.98. The third-order valence-electron chi connectivity index (χ3n) is 4.61. The van der Waals surface area contributed by atoms with Crippen LogP contribution < -0.4 is 10.2 Å². The van der Waals surface area contributed by atoms with E-state index in [0.29, 0.717) is 10.9 Å². The molecule has 2 aromatic heterocycles. The van der Waals surface area contributed by atoms with E-state index in [9.17, 15) is 10.1 Å². The standard InChI is InChI=1S/C16H22N6O2S/c1-4-12-7-5-6-8-21(12)15-13(22(23)24)14(17-9-18-15)20-16-19-10(2)11(3)25-16/h9,12H,4-8H2,1-3H3,(H,17,18,19,20). The molecule has 1 aliphatic rings. The summed E-state index contributed by atoms with van der Waals surface area (Å²) >= 11 is 1.46. The van der Waals surface area contributed by atoms with E-state index < -0.39 is 4.92 Å². The molecule has 2 aromatic rings. The number of aromatic nitrogens is 3. The van der Waals surface area contributed by atoms with Crippen LogP contribution in [0.15, 0.2) is 6.33 Å². The first-order chi connectivity index (χ1) is 12.0. The Labute approximate surface area is 150 Å². The first-order valence-corrected chi connectivity index (χ1v) is 9.30. The Morgan fingerprint density at radius 1 is 1.40 bits per heavy atom. The van der Waals surface area contributed by atoms with Crippen LogP contribution in [0.4, 0.5) is 22.5 Å². The molecule has 0 spiro atoms. The van der Waals surface area contributed by atoms with Crippen molar-refractivity contribution in [2.45, 2.75) is 52.5 Å². The van der Waals surface area contributed by atoms with Crippen LogP contribution in [0, 0.1) is 24.0 Å². The summed E-state index contributed by atoms with van der Waals surface area (Å²) in [6.07, 6.45) is 5.53. The third-order valence-corrected chi connectivity index (χ3v) is 5.60. The summed E-state index contributed by atoms with van der Waals surface area (Å²) < 4.78 is 0. The van der Waals surface area contributed by atoms with Crippen molar-refractivity contribution in [1.29, 1.82) is 0 Å². The highest BCUT2D eigenvalue weighted by molar-refractivity contribution is 7.15. The molecule has 0 radical (unpaired) electrons. The van der Waals surface area contributed by atoms with Crippen LogP contribution in [-0.4, -0.2) is 32.5 Å². The van der Waals surface area contributed by atoms with Crippen molar-refractivity contribution >= 4 is 33.8 Å². The number of aryl methyl sites for hydroxylation is 2. The number of thiazole rings is 1. The molecule has 0 amide bonds. The topological polar surface area (TPSA) is 97.1 Å². The van der Waals surface area contributed by atoms with Gasteiger partial charge in [0.05, 0.1) is 10.6 Å². The van der Waals surface area contributed by atoms with E-state index in [2.05, 4.69) is 32.1 Å². The highest BCUT2D eigenvalue weighted by atomic mass is 32.1. The molecular weight excluding hydrogens is 340 g/mol. The molecular formula is C16H22N6O2S. The Morgan fingerprint density at radius 2 is 2.20 bits per heavy atom. The van der Waals surface area contributed by atoms with Gasteiger partial charge < -0.3 is 10.2 Å². The van der Waals surface area contributed by atoms with Gasteiger partial charge in [-0.3, -0.25) is 10.1 Å². The van der Waals surface area contributed by atoms with Gasteiger partial charge in [-0.2, -0.15) is 0 Å². The maximum Gasteiger partial charge on any atom is 0.353 e. The molecule has 0 aromatic carbocycles. The average Bonchev–Trinajstić information content (AvgIpc) is 2.91. The molecule has 9 heteroatoms. The van der Waals surface area contributed by atoms with Gasteiger partial charge in [0.15, 0.2) is 5.13 Å². The van der Waals surface area contributed by atoms with E-state index in [0.717, 1.165) is 42.8 Å². The lowest BCUT2D eigenvalue weighted by atomic mass is 10.00. The average molecular weight is 362 g/mol. The number of piperidine rings is 1. The summed E-state index contributed by atoms with van der Waals surface area (Å²) in [6.45, 7) is 6.77. The lowest BCUT2D eigenvalue weighted by Gasteiger charge is -2.35. The van der Waals surface area contributed by atoms with Gasteiger partial charge in [0.25, 0.3) is 0 Å². The van der Waals surface area contributed by atoms with E-state index in [4.69, 9.17) is 0 Å². The number of nitrogens with one attached hydrogen (secondary N) is 1. The van der Waals surface area contributed by atoms with Crippen LogP contribution in [0.5, 0.6) is 0 Å². The van der Waals surface area contributed by atoms with Crippen LogP contribution in [0.1, 0.15) is 43.2 Å². The van der Waals surface area contributed by atoms with Crippen molar-refractivity contribution in [3.8, 4) is 0 Å². The first-order valence-electron chi connectivity index (χ1n) is 8.48. The second-order valence-electron chi connectivity index (χ2n) is 6.19. The lowest BCUT2D eigenvalue weighted by Crippen LogP contribution is -2.40. The van der Waals surface area contributed by atoms with Gasteiger partial charge in [-0.05, 0) is 39.5 Å². The Hall–Kier alpha value is -2.29. The van der Waals surface area contributed by atoms with Gasteiger partial charge >= 0.3 is 5.69 Å².